The van der Waals surface area contributed by atoms with E-state index in [-0.39, 0.29) is 17.4 Å². The van der Waals surface area contributed by atoms with Gasteiger partial charge in [0, 0.05) is 5.56 Å². The monoisotopic (exact) mass is 387 g/mol. The van der Waals surface area contributed by atoms with E-state index in [1.807, 2.05) is 73.7 Å². The zero-order valence-corrected chi connectivity index (χ0v) is 17.6. The fourth-order valence-electron chi connectivity index (χ4n) is 3.08. The summed E-state index contributed by atoms with van der Waals surface area (Å²) in [5.74, 6) is 0.767. The standard InChI is InChI=1S/C26H29NO2/c1-19(21-8-6-5-7-9-21)27-25(28)22-12-10-20(11-13-22)18-29-24-16-14-23(15-17-24)26(2,3)4/h5-17,19H,18H2,1-4H3,(H,27,28)/t19-/m0/s1. The van der Waals surface area contributed by atoms with Crippen LogP contribution in [0.15, 0.2) is 78.9 Å². The molecular formula is C26H29NO2. The van der Waals surface area contributed by atoms with Crippen LogP contribution in [0.3, 0.4) is 0 Å². The lowest BCUT2D eigenvalue weighted by Crippen LogP contribution is -2.26. The van der Waals surface area contributed by atoms with Crippen LogP contribution in [0.5, 0.6) is 5.75 Å². The number of hydrogen-bond donors (Lipinski definition) is 1. The summed E-state index contributed by atoms with van der Waals surface area (Å²) < 4.78 is 5.88. The summed E-state index contributed by atoms with van der Waals surface area (Å²) in [4.78, 5) is 12.5. The molecule has 0 aliphatic carbocycles. The van der Waals surface area contributed by atoms with Gasteiger partial charge in [-0.3, -0.25) is 4.79 Å². The van der Waals surface area contributed by atoms with Gasteiger partial charge < -0.3 is 10.1 Å². The van der Waals surface area contributed by atoms with Gasteiger partial charge in [-0.25, -0.2) is 0 Å². The Balaban J connectivity index is 1.55. The lowest BCUT2D eigenvalue weighted by atomic mass is 9.87. The van der Waals surface area contributed by atoms with Gasteiger partial charge in [-0.1, -0.05) is 75.4 Å². The lowest BCUT2D eigenvalue weighted by molar-refractivity contribution is 0.0940. The molecule has 0 unspecified atom stereocenters. The van der Waals surface area contributed by atoms with Gasteiger partial charge in [-0.15, -0.1) is 0 Å². The molecule has 0 saturated heterocycles. The molecule has 3 rings (SSSR count). The molecule has 0 aliphatic heterocycles. The summed E-state index contributed by atoms with van der Waals surface area (Å²) in [6, 6.07) is 25.7. The van der Waals surface area contributed by atoms with Gasteiger partial charge >= 0.3 is 0 Å². The molecule has 0 radical (unpaired) electrons. The molecule has 3 aromatic rings. The number of hydrogen-bond acceptors (Lipinski definition) is 2. The van der Waals surface area contributed by atoms with Gasteiger partial charge in [0.25, 0.3) is 5.91 Å². The first-order chi connectivity index (χ1) is 13.8. The Morgan fingerprint density at radius 3 is 2.10 bits per heavy atom. The average Bonchev–Trinajstić information content (AvgIpc) is 2.73. The summed E-state index contributed by atoms with van der Waals surface area (Å²) in [5, 5.41) is 3.04. The third kappa shape index (κ3) is 5.71. The largest absolute Gasteiger partial charge is 0.489 e. The maximum atomic E-state index is 12.5. The van der Waals surface area contributed by atoms with Crippen molar-refractivity contribution in [3.8, 4) is 5.75 Å². The van der Waals surface area contributed by atoms with Gasteiger partial charge in [-0.05, 0) is 53.3 Å². The van der Waals surface area contributed by atoms with Crippen molar-refractivity contribution in [2.75, 3.05) is 0 Å². The smallest absolute Gasteiger partial charge is 0.251 e. The Morgan fingerprint density at radius 1 is 0.897 bits per heavy atom. The molecule has 1 atom stereocenters. The molecule has 0 heterocycles. The zero-order valence-electron chi connectivity index (χ0n) is 17.6. The van der Waals surface area contributed by atoms with Gasteiger partial charge in [0.05, 0.1) is 6.04 Å². The first kappa shape index (κ1) is 20.7. The summed E-state index contributed by atoms with van der Waals surface area (Å²) in [6.45, 7) is 9.04. The van der Waals surface area contributed by atoms with Crippen LogP contribution in [-0.2, 0) is 12.0 Å². The Hall–Kier alpha value is -3.07. The number of ether oxygens (including phenoxy) is 1. The Labute approximate surface area is 173 Å². The van der Waals surface area contributed by atoms with E-state index in [2.05, 4.69) is 38.2 Å². The molecule has 3 heteroatoms. The van der Waals surface area contributed by atoms with Crippen molar-refractivity contribution in [2.45, 2.75) is 45.8 Å². The number of carbonyl (C=O) groups is 1. The van der Waals surface area contributed by atoms with Crippen LogP contribution in [0.25, 0.3) is 0 Å². The molecule has 0 saturated carbocycles. The van der Waals surface area contributed by atoms with Gasteiger partial charge in [0.2, 0.25) is 0 Å². The predicted molar refractivity (Wildman–Crippen MR) is 118 cm³/mol. The van der Waals surface area contributed by atoms with Crippen molar-refractivity contribution >= 4 is 5.91 Å². The fraction of sp³-hybridized carbons (Fsp3) is 0.269. The van der Waals surface area contributed by atoms with Crippen LogP contribution in [0.2, 0.25) is 0 Å². The molecule has 1 amide bonds. The first-order valence-corrected chi connectivity index (χ1v) is 10.0. The molecule has 0 bridgehead atoms. The third-order valence-electron chi connectivity index (χ3n) is 4.99. The molecule has 150 valence electrons. The van der Waals surface area contributed by atoms with E-state index in [4.69, 9.17) is 4.74 Å². The summed E-state index contributed by atoms with van der Waals surface area (Å²) in [6.07, 6.45) is 0. The van der Waals surface area contributed by atoms with Gasteiger partial charge in [-0.2, -0.15) is 0 Å². The SMILES string of the molecule is C[C@H](NC(=O)c1ccc(COc2ccc(C(C)(C)C)cc2)cc1)c1ccccc1. The second-order valence-electron chi connectivity index (χ2n) is 8.37. The normalized spacial score (nSPS) is 12.3. The molecular weight excluding hydrogens is 358 g/mol. The van der Waals surface area contributed by atoms with Crippen molar-refractivity contribution in [1.82, 2.24) is 5.32 Å². The molecule has 0 spiro atoms. The zero-order chi connectivity index (χ0) is 20.9. The van der Waals surface area contributed by atoms with E-state index in [0.717, 1.165) is 16.9 Å². The molecule has 29 heavy (non-hydrogen) atoms. The summed E-state index contributed by atoms with van der Waals surface area (Å²) in [7, 11) is 0. The van der Waals surface area contributed by atoms with Crippen LogP contribution in [-0.4, -0.2) is 5.91 Å². The highest BCUT2D eigenvalue weighted by Crippen LogP contribution is 2.24. The first-order valence-electron chi connectivity index (χ1n) is 10.0. The van der Waals surface area contributed by atoms with Crippen molar-refractivity contribution < 1.29 is 9.53 Å². The average molecular weight is 388 g/mol. The molecule has 3 aromatic carbocycles. The molecule has 0 aliphatic rings. The second kappa shape index (κ2) is 8.95. The predicted octanol–water partition coefficient (Wildman–Crippen LogP) is 6.05. The van der Waals surface area contributed by atoms with Crippen LogP contribution in [0, 0.1) is 0 Å². The van der Waals surface area contributed by atoms with Crippen LogP contribution < -0.4 is 10.1 Å². The number of rotatable bonds is 6. The summed E-state index contributed by atoms with van der Waals surface area (Å²) >= 11 is 0. The molecule has 3 nitrogen and oxygen atoms in total. The van der Waals surface area contributed by atoms with Crippen molar-refractivity contribution in [3.05, 3.63) is 101 Å². The van der Waals surface area contributed by atoms with E-state index < -0.39 is 0 Å². The van der Waals surface area contributed by atoms with Crippen molar-refractivity contribution in [1.29, 1.82) is 0 Å². The van der Waals surface area contributed by atoms with Crippen LogP contribution in [0.1, 0.15) is 60.8 Å². The van der Waals surface area contributed by atoms with E-state index >= 15 is 0 Å². The maximum Gasteiger partial charge on any atom is 0.251 e. The minimum Gasteiger partial charge on any atom is -0.489 e. The number of carbonyl (C=O) groups excluding carboxylic acids is 1. The molecule has 0 aromatic heterocycles. The van der Waals surface area contributed by atoms with Crippen LogP contribution in [0.4, 0.5) is 0 Å². The second-order valence-corrected chi connectivity index (χ2v) is 8.37. The van der Waals surface area contributed by atoms with E-state index in [0.29, 0.717) is 12.2 Å². The van der Waals surface area contributed by atoms with Crippen LogP contribution >= 0.6 is 0 Å². The number of nitrogens with one attached hydrogen (secondary N) is 1. The summed E-state index contributed by atoms with van der Waals surface area (Å²) in [5.41, 5.74) is 4.17. The Kier molecular flexibility index (Phi) is 6.38. The Bertz CT molecular complexity index is 923. The van der Waals surface area contributed by atoms with E-state index in [1.54, 1.807) is 0 Å². The topological polar surface area (TPSA) is 38.3 Å². The van der Waals surface area contributed by atoms with Gasteiger partial charge in [0.1, 0.15) is 12.4 Å². The third-order valence-corrected chi connectivity index (χ3v) is 4.99. The number of benzene rings is 3. The minimum atomic E-state index is -0.0772. The van der Waals surface area contributed by atoms with E-state index in [1.165, 1.54) is 5.56 Å². The molecule has 1 N–H and O–H groups in total. The van der Waals surface area contributed by atoms with Crippen molar-refractivity contribution in [2.24, 2.45) is 0 Å². The highest BCUT2D eigenvalue weighted by molar-refractivity contribution is 5.94. The lowest BCUT2D eigenvalue weighted by Gasteiger charge is -2.19. The Morgan fingerprint density at radius 2 is 1.52 bits per heavy atom. The minimum absolute atomic E-state index is 0.0391. The number of amides is 1. The maximum absolute atomic E-state index is 12.5. The van der Waals surface area contributed by atoms with Gasteiger partial charge in [0.15, 0.2) is 0 Å². The fourth-order valence-corrected chi connectivity index (χ4v) is 3.08. The quantitative estimate of drug-likeness (QED) is 0.559. The highest BCUT2D eigenvalue weighted by Gasteiger charge is 2.13. The van der Waals surface area contributed by atoms with Crippen molar-refractivity contribution in [3.63, 3.8) is 0 Å². The molecule has 0 fully saturated rings. The van der Waals surface area contributed by atoms with E-state index in [9.17, 15) is 4.79 Å². The highest BCUT2D eigenvalue weighted by atomic mass is 16.5.